The van der Waals surface area contributed by atoms with Crippen LogP contribution in [-0.4, -0.2) is 53.9 Å². The summed E-state index contributed by atoms with van der Waals surface area (Å²) in [5, 5.41) is 7.87. The number of carbonyl (C=O) groups is 4. The zero-order chi connectivity index (χ0) is 22.9. The molecular formula is C19H18FN5O7. The van der Waals surface area contributed by atoms with Gasteiger partial charge in [0.25, 0.3) is 5.88 Å². The standard InChI is InChI=1S/C19H18FN5O7/c1-6-5-25-11-8(3-9-12(10(11)20)32-24-14(9)31-17(21)28)4-19(13(25)7(2)30-6)15(26)22-18(29)23-16(19)27/h3,6-7,13H,4-5H2,1-2H3,(H2,21,28)(H2,22,23,26,27,29)/t6-,7+,13-/m1/s1. The predicted molar refractivity (Wildman–Crippen MR) is 103 cm³/mol. The number of anilines is 1. The fourth-order valence-corrected chi connectivity index (χ4v) is 5.10. The molecule has 4 heterocycles. The zero-order valence-electron chi connectivity index (χ0n) is 16.9. The van der Waals surface area contributed by atoms with Crippen LogP contribution >= 0.6 is 0 Å². The Morgan fingerprint density at radius 3 is 2.66 bits per heavy atom. The van der Waals surface area contributed by atoms with Crippen LogP contribution in [0.4, 0.5) is 19.7 Å². The number of halogens is 1. The third-order valence-corrected chi connectivity index (χ3v) is 6.13. The molecule has 168 valence electrons. The van der Waals surface area contributed by atoms with Crippen molar-refractivity contribution in [3.8, 4) is 5.88 Å². The van der Waals surface area contributed by atoms with E-state index in [9.17, 15) is 19.2 Å². The lowest BCUT2D eigenvalue weighted by Gasteiger charge is -2.55. The Bertz CT molecular complexity index is 1190. The minimum atomic E-state index is -1.78. The molecule has 2 saturated heterocycles. The second-order valence-corrected chi connectivity index (χ2v) is 8.12. The van der Waals surface area contributed by atoms with Crippen LogP contribution in [0, 0.1) is 11.2 Å². The number of ether oxygens (including phenoxy) is 2. The van der Waals surface area contributed by atoms with Crippen LogP contribution < -0.4 is 26.0 Å². The van der Waals surface area contributed by atoms with Crippen LogP contribution in [0.5, 0.6) is 5.88 Å². The number of nitrogens with two attached hydrogens (primary N) is 1. The molecule has 0 radical (unpaired) electrons. The first-order valence-corrected chi connectivity index (χ1v) is 9.80. The molecule has 3 aliphatic heterocycles. The maximum absolute atomic E-state index is 15.7. The van der Waals surface area contributed by atoms with Gasteiger partial charge in [0.15, 0.2) is 11.2 Å². The van der Waals surface area contributed by atoms with E-state index in [0.717, 1.165) is 0 Å². The molecule has 12 nitrogen and oxygen atoms in total. The monoisotopic (exact) mass is 447 g/mol. The van der Waals surface area contributed by atoms with E-state index in [1.165, 1.54) is 6.07 Å². The van der Waals surface area contributed by atoms with Crippen molar-refractivity contribution in [2.45, 2.75) is 38.5 Å². The number of rotatable bonds is 1. The van der Waals surface area contributed by atoms with Gasteiger partial charge in [-0.15, -0.1) is 0 Å². The van der Waals surface area contributed by atoms with Crippen molar-refractivity contribution in [3.05, 3.63) is 17.4 Å². The predicted octanol–water partition coefficient (Wildman–Crippen LogP) is 0.315. The second kappa shape index (κ2) is 6.63. The smallest absolute Gasteiger partial charge is 0.387 e. The summed E-state index contributed by atoms with van der Waals surface area (Å²) in [6.07, 6.45) is -2.42. The normalized spacial score (nSPS) is 26.4. The van der Waals surface area contributed by atoms with Crippen molar-refractivity contribution in [2.24, 2.45) is 11.1 Å². The molecule has 0 aliphatic carbocycles. The molecule has 2 fully saturated rings. The number of nitrogens with zero attached hydrogens (tertiary/aromatic N) is 2. The van der Waals surface area contributed by atoms with Gasteiger partial charge in [-0.2, -0.15) is 0 Å². The van der Waals surface area contributed by atoms with Crippen LogP contribution in [0.25, 0.3) is 11.0 Å². The van der Waals surface area contributed by atoms with E-state index in [4.69, 9.17) is 19.7 Å². The number of benzene rings is 1. The van der Waals surface area contributed by atoms with Crippen molar-refractivity contribution in [1.82, 2.24) is 15.8 Å². The molecule has 1 aromatic carbocycles. The topological polar surface area (TPSA) is 166 Å². The number of primary amides is 1. The molecule has 1 spiro atoms. The van der Waals surface area contributed by atoms with Crippen molar-refractivity contribution in [1.29, 1.82) is 0 Å². The Hall–Kier alpha value is -3.74. The molecular weight excluding hydrogens is 429 g/mol. The number of imide groups is 2. The first kappa shape index (κ1) is 20.2. The molecule has 3 aliphatic rings. The van der Waals surface area contributed by atoms with E-state index in [0.29, 0.717) is 0 Å². The van der Waals surface area contributed by atoms with E-state index in [1.807, 2.05) is 0 Å². The summed E-state index contributed by atoms with van der Waals surface area (Å²) in [5.74, 6) is -2.76. The number of nitrogens with one attached hydrogen (secondary N) is 2. The highest BCUT2D eigenvalue weighted by molar-refractivity contribution is 6.20. The summed E-state index contributed by atoms with van der Waals surface area (Å²) in [5.41, 5.74) is 3.38. The molecule has 2 aromatic rings. The van der Waals surface area contributed by atoms with Gasteiger partial charge in [0, 0.05) is 13.0 Å². The number of aromatic nitrogens is 1. The number of fused-ring (bicyclic) bond motifs is 5. The van der Waals surface area contributed by atoms with E-state index in [1.54, 1.807) is 18.7 Å². The molecule has 5 amide bonds. The van der Waals surface area contributed by atoms with Gasteiger partial charge in [-0.05, 0) is 30.6 Å². The third kappa shape index (κ3) is 2.60. The van der Waals surface area contributed by atoms with E-state index < -0.39 is 47.3 Å². The summed E-state index contributed by atoms with van der Waals surface area (Å²) in [6.45, 7) is 3.63. The minimum absolute atomic E-state index is 0.00992. The number of morpholine rings is 1. The highest BCUT2D eigenvalue weighted by Gasteiger charge is 2.63. The lowest BCUT2D eigenvalue weighted by Crippen LogP contribution is -2.75. The Morgan fingerprint density at radius 1 is 1.31 bits per heavy atom. The quantitative estimate of drug-likeness (QED) is 0.522. The number of barbiturate groups is 1. The molecule has 13 heteroatoms. The lowest BCUT2D eigenvalue weighted by atomic mass is 9.66. The largest absolute Gasteiger partial charge is 0.411 e. The Kier molecular flexibility index (Phi) is 4.18. The summed E-state index contributed by atoms with van der Waals surface area (Å²) in [4.78, 5) is 50.7. The van der Waals surface area contributed by atoms with Crippen LogP contribution in [-0.2, 0) is 20.7 Å². The van der Waals surface area contributed by atoms with E-state index >= 15 is 4.39 Å². The summed E-state index contributed by atoms with van der Waals surface area (Å²) in [6, 6.07) is -0.406. The number of hydrogen-bond donors (Lipinski definition) is 3. The zero-order valence-corrected chi connectivity index (χ0v) is 16.9. The molecule has 32 heavy (non-hydrogen) atoms. The number of urea groups is 1. The SMILES string of the molecule is C[C@@H]1CN2c3c(cc4c(OC(N)=O)noc4c3F)CC3(C(=O)NC(=O)NC3=O)[C@H]2[C@H](C)O1. The van der Waals surface area contributed by atoms with Crippen LogP contribution in [0.3, 0.4) is 0 Å². The number of amides is 5. The summed E-state index contributed by atoms with van der Waals surface area (Å²) >= 11 is 0. The van der Waals surface area contributed by atoms with E-state index in [2.05, 4.69) is 15.8 Å². The maximum atomic E-state index is 15.7. The van der Waals surface area contributed by atoms with Crippen molar-refractivity contribution in [2.75, 3.05) is 11.4 Å². The van der Waals surface area contributed by atoms with Crippen molar-refractivity contribution in [3.63, 3.8) is 0 Å². The summed E-state index contributed by atoms with van der Waals surface area (Å²) < 4.78 is 31.4. The first-order chi connectivity index (χ1) is 15.1. The first-order valence-electron chi connectivity index (χ1n) is 9.80. The number of carbonyl (C=O) groups excluding carboxylic acids is 4. The molecule has 3 atom stereocenters. The van der Waals surface area contributed by atoms with Gasteiger partial charge in [0.2, 0.25) is 17.4 Å². The molecule has 0 saturated carbocycles. The van der Waals surface area contributed by atoms with Gasteiger partial charge >= 0.3 is 12.1 Å². The van der Waals surface area contributed by atoms with Crippen LogP contribution in [0.15, 0.2) is 10.6 Å². The van der Waals surface area contributed by atoms with E-state index in [-0.39, 0.29) is 47.2 Å². The van der Waals surface area contributed by atoms with Crippen molar-refractivity contribution < 1.29 is 37.6 Å². The maximum Gasteiger partial charge on any atom is 0.411 e. The average molecular weight is 447 g/mol. The summed E-state index contributed by atoms with van der Waals surface area (Å²) in [7, 11) is 0. The van der Waals surface area contributed by atoms with Gasteiger partial charge in [-0.25, -0.2) is 14.0 Å². The van der Waals surface area contributed by atoms with Gasteiger partial charge in [-0.1, -0.05) is 0 Å². The molecule has 0 bridgehead atoms. The third-order valence-electron chi connectivity index (χ3n) is 6.13. The Labute approximate surface area is 179 Å². The van der Waals surface area contributed by atoms with Crippen LogP contribution in [0.2, 0.25) is 0 Å². The minimum Gasteiger partial charge on any atom is -0.387 e. The van der Waals surface area contributed by atoms with Crippen molar-refractivity contribution >= 4 is 40.6 Å². The van der Waals surface area contributed by atoms with Gasteiger partial charge < -0.3 is 24.6 Å². The molecule has 0 unspecified atom stereocenters. The highest BCUT2D eigenvalue weighted by atomic mass is 19.1. The lowest BCUT2D eigenvalue weighted by molar-refractivity contribution is -0.153. The Balaban J connectivity index is 1.76. The Morgan fingerprint density at radius 2 is 2.00 bits per heavy atom. The average Bonchev–Trinajstić information content (AvgIpc) is 3.07. The number of hydrogen-bond acceptors (Lipinski definition) is 9. The van der Waals surface area contributed by atoms with Gasteiger partial charge in [-0.3, -0.25) is 20.2 Å². The second-order valence-electron chi connectivity index (χ2n) is 8.12. The van der Waals surface area contributed by atoms with Crippen LogP contribution in [0.1, 0.15) is 19.4 Å². The fraction of sp³-hybridized carbons (Fsp3) is 0.421. The van der Waals surface area contributed by atoms with Gasteiger partial charge in [0.05, 0.1) is 29.3 Å². The molecule has 4 N–H and O–H groups in total. The highest BCUT2D eigenvalue weighted by Crippen LogP contribution is 2.49. The molecule has 5 rings (SSSR count). The fourth-order valence-electron chi connectivity index (χ4n) is 5.10. The molecule has 1 aromatic heterocycles. The van der Waals surface area contributed by atoms with Gasteiger partial charge in [0.1, 0.15) is 0 Å².